The number of benzene rings is 1. The van der Waals surface area contributed by atoms with Crippen molar-refractivity contribution in [2.24, 2.45) is 0 Å². The Kier molecular flexibility index (Phi) is 4.66. The molecule has 0 unspecified atom stereocenters. The zero-order chi connectivity index (χ0) is 24.3. The van der Waals surface area contributed by atoms with Crippen LogP contribution in [0.2, 0.25) is 0 Å². The second-order valence-corrected chi connectivity index (χ2v) is 8.06. The van der Waals surface area contributed by atoms with E-state index in [1.165, 1.54) is 23.0 Å². The van der Waals surface area contributed by atoms with Crippen LogP contribution < -0.4 is 10.1 Å². The largest absolute Gasteiger partial charge is 0.493 e. The maximum atomic E-state index is 14.5. The summed E-state index contributed by atoms with van der Waals surface area (Å²) in [6.07, 6.45) is -0.216. The lowest BCUT2D eigenvalue weighted by Gasteiger charge is -2.18. The highest BCUT2D eigenvalue weighted by Crippen LogP contribution is 2.36. The number of ether oxygens (including phenoxy) is 2. The number of nitrogens with zero attached hydrogens (tertiary/aromatic N) is 4. The van der Waals surface area contributed by atoms with Gasteiger partial charge in [-0.2, -0.15) is 13.2 Å². The van der Waals surface area contributed by atoms with E-state index in [0.29, 0.717) is 35.5 Å². The van der Waals surface area contributed by atoms with Crippen molar-refractivity contribution in [1.82, 2.24) is 19.4 Å². The van der Waals surface area contributed by atoms with Crippen LogP contribution in [0, 0.1) is 5.82 Å². The monoisotopic (exact) mass is 485 g/mol. The Morgan fingerprint density at radius 1 is 1.09 bits per heavy atom. The molecule has 12 heteroatoms. The summed E-state index contributed by atoms with van der Waals surface area (Å²) < 4.78 is 66.3. The molecule has 35 heavy (non-hydrogen) atoms. The number of hydrogen-bond donors (Lipinski definition) is 1. The molecule has 0 saturated heterocycles. The average Bonchev–Trinajstić information content (AvgIpc) is 3.48. The number of imidazole rings is 1. The molecule has 1 aromatic carbocycles. The van der Waals surface area contributed by atoms with Crippen LogP contribution in [-0.4, -0.2) is 31.9 Å². The molecule has 2 aliphatic rings. The first-order valence-corrected chi connectivity index (χ1v) is 10.6. The quantitative estimate of drug-likeness (QED) is 0.344. The van der Waals surface area contributed by atoms with Crippen LogP contribution >= 0.6 is 0 Å². The van der Waals surface area contributed by atoms with Crippen LogP contribution in [0.4, 0.5) is 23.5 Å². The van der Waals surface area contributed by atoms with Gasteiger partial charge >= 0.3 is 12.1 Å². The average molecular weight is 485 g/mol. The normalized spacial score (nSPS) is 14.6. The predicted octanol–water partition coefficient (Wildman–Crippen LogP) is 4.17. The minimum absolute atomic E-state index is 0.0174. The third kappa shape index (κ3) is 3.44. The van der Waals surface area contributed by atoms with Gasteiger partial charge in [0.2, 0.25) is 5.95 Å². The number of alkyl halides is 3. The highest BCUT2D eigenvalue weighted by Gasteiger charge is 2.34. The number of anilines is 1. The van der Waals surface area contributed by atoms with Gasteiger partial charge in [0.25, 0.3) is 0 Å². The molecule has 1 N–H and O–H groups in total. The van der Waals surface area contributed by atoms with E-state index in [2.05, 4.69) is 20.3 Å². The van der Waals surface area contributed by atoms with Gasteiger partial charge < -0.3 is 14.8 Å². The lowest BCUT2D eigenvalue weighted by atomic mass is 10.0. The second-order valence-electron chi connectivity index (χ2n) is 8.06. The lowest BCUT2D eigenvalue weighted by molar-refractivity contribution is -0.141. The number of halogens is 4. The number of carbonyl (C=O) groups excluding carboxylic acids is 1. The van der Waals surface area contributed by atoms with Gasteiger partial charge in [0.1, 0.15) is 30.2 Å². The molecule has 6 rings (SSSR count). The fraction of sp³-hybridized carbons (Fsp3) is 0.217. The summed E-state index contributed by atoms with van der Waals surface area (Å²) in [6, 6.07) is 3.78. The number of nitrogens with one attached hydrogen (secondary N) is 1. The highest BCUT2D eigenvalue weighted by molar-refractivity contribution is 6.01. The van der Waals surface area contributed by atoms with E-state index < -0.39 is 17.8 Å². The first kappa shape index (κ1) is 21.3. The van der Waals surface area contributed by atoms with E-state index in [1.807, 2.05) is 0 Å². The van der Waals surface area contributed by atoms with Crippen molar-refractivity contribution in [3.63, 3.8) is 0 Å². The Morgan fingerprint density at radius 3 is 2.74 bits per heavy atom. The molecule has 3 aromatic heterocycles. The van der Waals surface area contributed by atoms with Crippen LogP contribution in [-0.2, 0) is 30.5 Å². The van der Waals surface area contributed by atoms with E-state index in [4.69, 9.17) is 9.47 Å². The molecule has 0 aliphatic carbocycles. The van der Waals surface area contributed by atoms with Crippen molar-refractivity contribution in [3.05, 3.63) is 70.8 Å². The maximum Gasteiger partial charge on any atom is 0.433 e. The molecule has 178 valence electrons. The third-order valence-electron chi connectivity index (χ3n) is 6.05. The summed E-state index contributed by atoms with van der Waals surface area (Å²) in [5, 5.41) is 3.07. The number of esters is 1. The fourth-order valence-electron chi connectivity index (χ4n) is 4.39. The summed E-state index contributed by atoms with van der Waals surface area (Å²) in [7, 11) is 0. The van der Waals surface area contributed by atoms with Crippen LogP contribution in [0.1, 0.15) is 32.9 Å². The molecule has 0 radical (unpaired) electrons. The van der Waals surface area contributed by atoms with E-state index in [0.717, 1.165) is 17.8 Å². The lowest BCUT2D eigenvalue weighted by Crippen LogP contribution is -2.15. The van der Waals surface area contributed by atoms with E-state index >= 15 is 0 Å². The van der Waals surface area contributed by atoms with Crippen LogP contribution in [0.15, 0.2) is 36.9 Å². The summed E-state index contributed by atoms with van der Waals surface area (Å²) in [4.78, 5) is 24.7. The standard InChI is InChI=1S/C23H15F4N5O3/c24-16-1-2-17-12(3-4-34-17)14(16)7-29-22-30-8-15-13-6-28-18(23(25,26)27)5-11(13)9-35-21(33)19-20(15)32(22)10-31-19/h1-2,5-6,8,10H,3-4,7,9H2,(H,29,30). The molecule has 0 saturated carbocycles. The number of pyridine rings is 1. The number of rotatable bonds is 3. The predicted molar refractivity (Wildman–Crippen MR) is 113 cm³/mol. The molecular weight excluding hydrogens is 470 g/mol. The van der Waals surface area contributed by atoms with Crippen molar-refractivity contribution in [3.8, 4) is 16.9 Å². The Morgan fingerprint density at radius 2 is 1.91 bits per heavy atom. The molecule has 0 fully saturated rings. The number of hydrogen-bond acceptors (Lipinski definition) is 7. The molecule has 0 spiro atoms. The van der Waals surface area contributed by atoms with E-state index in [1.54, 1.807) is 6.07 Å². The van der Waals surface area contributed by atoms with Gasteiger partial charge in [-0.3, -0.25) is 9.38 Å². The SMILES string of the molecule is O=C1OCc2cc(C(F)(F)F)ncc2-c2cnc(NCc3c(F)ccc4c3CCO4)n3cnc1c23. The smallest absolute Gasteiger partial charge is 0.433 e. The molecule has 8 nitrogen and oxygen atoms in total. The third-order valence-corrected chi connectivity index (χ3v) is 6.05. The van der Waals surface area contributed by atoms with Crippen LogP contribution in [0.3, 0.4) is 0 Å². The molecule has 0 amide bonds. The van der Waals surface area contributed by atoms with Crippen molar-refractivity contribution in [1.29, 1.82) is 0 Å². The minimum atomic E-state index is -4.65. The molecule has 0 atom stereocenters. The molecular formula is C23H15F4N5O3. The summed E-state index contributed by atoms with van der Waals surface area (Å²) >= 11 is 0. The number of carbonyl (C=O) groups is 1. The van der Waals surface area contributed by atoms with Crippen LogP contribution in [0.5, 0.6) is 5.75 Å². The molecule has 0 bridgehead atoms. The Hall–Kier alpha value is -4.22. The van der Waals surface area contributed by atoms with Crippen molar-refractivity contribution < 1.29 is 31.8 Å². The fourth-order valence-corrected chi connectivity index (χ4v) is 4.39. The topological polar surface area (TPSA) is 90.6 Å². The minimum Gasteiger partial charge on any atom is -0.493 e. The summed E-state index contributed by atoms with van der Waals surface area (Å²) in [5.74, 6) is -0.285. The van der Waals surface area contributed by atoms with Crippen molar-refractivity contribution in [2.45, 2.75) is 25.7 Å². The Labute approximate surface area is 194 Å². The second kappa shape index (κ2) is 7.65. The molecule has 2 aliphatic heterocycles. The van der Waals surface area contributed by atoms with Gasteiger partial charge in [-0.05, 0) is 18.2 Å². The first-order chi connectivity index (χ1) is 16.8. The van der Waals surface area contributed by atoms with Gasteiger partial charge in [-0.25, -0.2) is 19.2 Å². The zero-order valence-electron chi connectivity index (χ0n) is 17.8. The Bertz CT molecular complexity index is 1520. The maximum absolute atomic E-state index is 14.5. The van der Waals surface area contributed by atoms with Gasteiger partial charge in [0, 0.05) is 53.2 Å². The van der Waals surface area contributed by atoms with E-state index in [9.17, 15) is 22.4 Å². The summed E-state index contributed by atoms with van der Waals surface area (Å²) in [6.45, 7) is 0.184. The molecule has 5 heterocycles. The van der Waals surface area contributed by atoms with Crippen molar-refractivity contribution in [2.75, 3.05) is 11.9 Å². The summed E-state index contributed by atoms with van der Waals surface area (Å²) in [5.41, 5.74) is 1.23. The van der Waals surface area contributed by atoms with Gasteiger partial charge in [0.05, 0.1) is 12.1 Å². The van der Waals surface area contributed by atoms with Gasteiger partial charge in [-0.15, -0.1) is 0 Å². The number of fused-ring (bicyclic) bond motifs is 3. The van der Waals surface area contributed by atoms with E-state index in [-0.39, 0.29) is 41.7 Å². The first-order valence-electron chi connectivity index (χ1n) is 10.6. The van der Waals surface area contributed by atoms with Crippen LogP contribution in [0.25, 0.3) is 16.6 Å². The zero-order valence-corrected chi connectivity index (χ0v) is 17.8. The van der Waals surface area contributed by atoms with Gasteiger partial charge in [0.15, 0.2) is 5.69 Å². The molecule has 4 aromatic rings. The number of cyclic esters (lactones) is 1. The Balaban J connectivity index is 1.44. The van der Waals surface area contributed by atoms with Gasteiger partial charge in [-0.1, -0.05) is 0 Å². The number of aromatic nitrogens is 4. The highest BCUT2D eigenvalue weighted by atomic mass is 19.4. The van der Waals surface area contributed by atoms with Crippen molar-refractivity contribution >= 4 is 17.4 Å².